The Labute approximate surface area is 87.3 Å². The van der Waals surface area contributed by atoms with E-state index < -0.39 is 9.84 Å². The van der Waals surface area contributed by atoms with Crippen LogP contribution in [0.25, 0.3) is 5.57 Å². The molecule has 0 spiro atoms. The van der Waals surface area contributed by atoms with Crippen LogP contribution in [0.2, 0.25) is 0 Å². The molecule has 1 aromatic rings. The Morgan fingerprint density at radius 1 is 1.27 bits per heavy atom. The third kappa shape index (κ3) is 1.49. The van der Waals surface area contributed by atoms with E-state index in [1.54, 1.807) is 18.2 Å². The minimum absolute atomic E-state index is 0.182. The third-order valence-corrected chi connectivity index (χ3v) is 3.76. The fourth-order valence-corrected chi connectivity index (χ4v) is 2.99. The van der Waals surface area contributed by atoms with Crippen LogP contribution in [0.1, 0.15) is 5.56 Å². The first-order chi connectivity index (χ1) is 7.06. The van der Waals surface area contributed by atoms with Crippen molar-refractivity contribution in [2.75, 3.05) is 6.54 Å². The molecule has 0 bridgehead atoms. The molecule has 0 radical (unpaired) electrons. The van der Waals surface area contributed by atoms with E-state index in [-0.39, 0.29) is 22.8 Å². The molecule has 5 heteroatoms. The van der Waals surface area contributed by atoms with Gasteiger partial charge in [-0.25, -0.2) is 8.42 Å². The number of carbonyl (C=O) groups is 1. The molecule has 2 rings (SSSR count). The van der Waals surface area contributed by atoms with Gasteiger partial charge in [-0.05, 0) is 6.07 Å². The Morgan fingerprint density at radius 2 is 1.93 bits per heavy atom. The summed E-state index contributed by atoms with van der Waals surface area (Å²) < 4.78 is 23.2. The molecule has 0 aliphatic carbocycles. The molecule has 0 amide bonds. The van der Waals surface area contributed by atoms with Crippen LogP contribution in [0, 0.1) is 0 Å². The van der Waals surface area contributed by atoms with Crippen molar-refractivity contribution in [1.82, 2.24) is 0 Å². The zero-order chi connectivity index (χ0) is 11.1. The molecular formula is C10H9NO3S. The molecule has 1 aromatic carbocycles. The molecule has 0 saturated heterocycles. The number of sulfone groups is 1. The largest absolute Gasteiger partial charge is 0.324 e. The predicted octanol–water partition coefficient (Wildman–Crippen LogP) is 0.343. The molecule has 0 saturated carbocycles. The number of nitrogens with two attached hydrogens (primary N) is 1. The summed E-state index contributed by atoms with van der Waals surface area (Å²) in [4.78, 5) is 11.6. The average molecular weight is 223 g/mol. The number of ketones is 1. The van der Waals surface area contributed by atoms with Gasteiger partial charge in [0.15, 0.2) is 5.78 Å². The zero-order valence-corrected chi connectivity index (χ0v) is 8.62. The van der Waals surface area contributed by atoms with Crippen molar-refractivity contribution in [3.63, 3.8) is 0 Å². The highest BCUT2D eigenvalue weighted by Crippen LogP contribution is 2.33. The number of hydrogen-bond acceptors (Lipinski definition) is 4. The third-order valence-electron chi connectivity index (χ3n) is 2.24. The lowest BCUT2D eigenvalue weighted by atomic mass is 10.0. The SMILES string of the molecule is NCC(=O)C1=CS(=O)(=O)c2ccccc21. The van der Waals surface area contributed by atoms with E-state index in [4.69, 9.17) is 5.73 Å². The fourth-order valence-electron chi connectivity index (χ4n) is 1.55. The predicted molar refractivity (Wildman–Crippen MR) is 55.7 cm³/mol. The molecule has 0 atom stereocenters. The van der Waals surface area contributed by atoms with Gasteiger partial charge in [-0.1, -0.05) is 18.2 Å². The quantitative estimate of drug-likeness (QED) is 0.784. The van der Waals surface area contributed by atoms with Crippen LogP contribution in [0.5, 0.6) is 0 Å². The first-order valence-corrected chi connectivity index (χ1v) is 5.90. The first-order valence-electron chi connectivity index (χ1n) is 4.36. The van der Waals surface area contributed by atoms with Crippen LogP contribution in [-0.2, 0) is 14.6 Å². The van der Waals surface area contributed by atoms with E-state index in [0.717, 1.165) is 5.41 Å². The number of rotatable bonds is 2. The second-order valence-corrected chi connectivity index (χ2v) is 4.97. The maximum absolute atomic E-state index is 11.6. The van der Waals surface area contributed by atoms with Crippen molar-refractivity contribution in [3.8, 4) is 0 Å². The number of benzene rings is 1. The summed E-state index contributed by atoms with van der Waals surface area (Å²) in [5, 5.41) is 0.993. The minimum atomic E-state index is -3.45. The second-order valence-electron chi connectivity index (χ2n) is 3.20. The van der Waals surface area contributed by atoms with Crippen LogP contribution >= 0.6 is 0 Å². The van der Waals surface area contributed by atoms with Crippen LogP contribution < -0.4 is 5.73 Å². The Kier molecular flexibility index (Phi) is 2.21. The average Bonchev–Trinajstić information content (AvgIpc) is 2.51. The summed E-state index contributed by atoms with van der Waals surface area (Å²) in [6.45, 7) is -0.185. The Morgan fingerprint density at radius 3 is 2.60 bits per heavy atom. The second kappa shape index (κ2) is 3.29. The van der Waals surface area contributed by atoms with Gasteiger partial charge < -0.3 is 5.73 Å². The van der Waals surface area contributed by atoms with Gasteiger partial charge >= 0.3 is 0 Å². The topological polar surface area (TPSA) is 77.2 Å². The Hall–Kier alpha value is -1.46. The summed E-state index contributed by atoms with van der Waals surface area (Å²) in [6, 6.07) is 6.41. The van der Waals surface area contributed by atoms with Gasteiger partial charge in [0.2, 0.25) is 9.84 Å². The van der Waals surface area contributed by atoms with Crippen molar-refractivity contribution >= 4 is 21.2 Å². The molecule has 0 fully saturated rings. The number of carbonyl (C=O) groups excluding carboxylic acids is 1. The minimum Gasteiger partial charge on any atom is -0.324 e. The van der Waals surface area contributed by atoms with Gasteiger partial charge in [0.25, 0.3) is 0 Å². The highest BCUT2D eigenvalue weighted by atomic mass is 32.2. The van der Waals surface area contributed by atoms with E-state index in [9.17, 15) is 13.2 Å². The van der Waals surface area contributed by atoms with E-state index in [1.165, 1.54) is 6.07 Å². The lowest BCUT2D eigenvalue weighted by molar-refractivity contribution is -0.112. The molecule has 78 valence electrons. The van der Waals surface area contributed by atoms with Gasteiger partial charge in [-0.3, -0.25) is 4.79 Å². The summed E-state index contributed by atoms with van der Waals surface area (Å²) in [7, 11) is -3.45. The summed E-state index contributed by atoms with van der Waals surface area (Å²) in [5.74, 6) is -0.358. The maximum Gasteiger partial charge on any atom is 0.201 e. The van der Waals surface area contributed by atoms with Gasteiger partial charge in [0.05, 0.1) is 11.4 Å². The van der Waals surface area contributed by atoms with E-state index in [2.05, 4.69) is 0 Å². The lowest BCUT2D eigenvalue weighted by Crippen LogP contribution is -2.14. The number of fused-ring (bicyclic) bond motifs is 1. The molecular weight excluding hydrogens is 214 g/mol. The Bertz CT molecular complexity index is 558. The zero-order valence-electron chi connectivity index (χ0n) is 7.80. The molecule has 1 aliphatic heterocycles. The molecule has 1 aliphatic rings. The van der Waals surface area contributed by atoms with Crippen LogP contribution in [0.15, 0.2) is 34.6 Å². The van der Waals surface area contributed by atoms with Gasteiger partial charge in [0.1, 0.15) is 0 Å². The van der Waals surface area contributed by atoms with Gasteiger partial charge in [-0.2, -0.15) is 0 Å². The van der Waals surface area contributed by atoms with Gasteiger partial charge in [0, 0.05) is 16.5 Å². The lowest BCUT2D eigenvalue weighted by Gasteiger charge is -2.00. The summed E-state index contributed by atoms with van der Waals surface area (Å²) in [6.07, 6.45) is 0. The number of Topliss-reactive ketones (excluding diaryl/α,β-unsaturated/α-hetero) is 1. The van der Waals surface area contributed by atoms with E-state index >= 15 is 0 Å². The molecule has 0 aromatic heterocycles. The van der Waals surface area contributed by atoms with Gasteiger partial charge in [-0.15, -0.1) is 0 Å². The Balaban J connectivity index is 2.69. The fraction of sp³-hybridized carbons (Fsp3) is 0.100. The maximum atomic E-state index is 11.6. The van der Waals surface area contributed by atoms with Crippen LogP contribution in [0.3, 0.4) is 0 Å². The van der Waals surface area contributed by atoms with E-state index in [1.807, 2.05) is 0 Å². The van der Waals surface area contributed by atoms with Crippen molar-refractivity contribution in [3.05, 3.63) is 35.2 Å². The van der Waals surface area contributed by atoms with Crippen molar-refractivity contribution < 1.29 is 13.2 Å². The molecule has 0 unspecified atom stereocenters. The van der Waals surface area contributed by atoms with Crippen molar-refractivity contribution in [2.45, 2.75) is 4.90 Å². The summed E-state index contributed by atoms with van der Waals surface area (Å²) >= 11 is 0. The number of hydrogen-bond donors (Lipinski definition) is 1. The highest BCUT2D eigenvalue weighted by Gasteiger charge is 2.29. The molecule has 1 heterocycles. The van der Waals surface area contributed by atoms with Crippen molar-refractivity contribution in [1.29, 1.82) is 0 Å². The molecule has 4 nitrogen and oxygen atoms in total. The smallest absolute Gasteiger partial charge is 0.201 e. The highest BCUT2D eigenvalue weighted by molar-refractivity contribution is 7.95. The van der Waals surface area contributed by atoms with Crippen molar-refractivity contribution in [2.24, 2.45) is 5.73 Å². The van der Waals surface area contributed by atoms with Crippen LogP contribution in [-0.4, -0.2) is 20.7 Å². The van der Waals surface area contributed by atoms with Crippen LogP contribution in [0.4, 0.5) is 0 Å². The first kappa shape index (κ1) is 10.1. The standard InChI is InChI=1S/C10H9NO3S/c11-5-9(12)8-6-15(13,14)10-4-2-1-3-7(8)10/h1-4,6H,5,11H2. The monoisotopic (exact) mass is 223 g/mol. The normalized spacial score (nSPS) is 17.0. The van der Waals surface area contributed by atoms with E-state index in [0.29, 0.717) is 5.56 Å². The molecule has 15 heavy (non-hydrogen) atoms. The summed E-state index contributed by atoms with van der Waals surface area (Å²) in [5.41, 5.74) is 5.85. The molecule has 2 N–H and O–H groups in total.